The predicted molar refractivity (Wildman–Crippen MR) is 234 cm³/mol. The van der Waals surface area contributed by atoms with E-state index >= 15 is 0 Å². The van der Waals surface area contributed by atoms with Crippen molar-refractivity contribution in [2.24, 2.45) is 0 Å². The summed E-state index contributed by atoms with van der Waals surface area (Å²) in [5.74, 6) is 1.99. The molecule has 0 radical (unpaired) electrons. The van der Waals surface area contributed by atoms with E-state index in [1.807, 2.05) is 72.0 Å². The molecule has 0 saturated heterocycles. The van der Waals surface area contributed by atoms with Crippen molar-refractivity contribution >= 4 is 53.3 Å². The highest BCUT2D eigenvalue weighted by Gasteiger charge is 2.17. The first-order valence-corrected chi connectivity index (χ1v) is 19.6. The number of para-hydroxylation sites is 2. The van der Waals surface area contributed by atoms with Gasteiger partial charge < -0.3 is 4.57 Å². The van der Waals surface area contributed by atoms with Crippen molar-refractivity contribution in [3.63, 3.8) is 0 Å². The molecule has 0 fully saturated rings. The fourth-order valence-corrected chi connectivity index (χ4v) is 9.19. The van der Waals surface area contributed by atoms with Gasteiger partial charge in [0.1, 0.15) is 0 Å². The zero-order valence-corrected chi connectivity index (χ0v) is 31.0. The number of aromatic nitrogens is 4. The number of hydrogen-bond acceptors (Lipinski definition) is 4. The van der Waals surface area contributed by atoms with Crippen molar-refractivity contribution in [3.05, 3.63) is 194 Å². The lowest BCUT2D eigenvalue weighted by atomic mass is 9.93. The Morgan fingerprint density at radius 2 is 0.786 bits per heavy atom. The summed E-state index contributed by atoms with van der Waals surface area (Å²) in [7, 11) is 0. The third kappa shape index (κ3) is 5.48. The summed E-state index contributed by atoms with van der Waals surface area (Å²) in [6.45, 7) is 0. The highest BCUT2D eigenvalue weighted by Crippen LogP contribution is 2.42. The molecule has 8 aromatic carbocycles. The molecular weight excluding hydrogens is 701 g/mol. The first kappa shape index (κ1) is 32.2. The van der Waals surface area contributed by atoms with Crippen molar-refractivity contribution in [2.75, 3.05) is 0 Å². The SMILES string of the molecule is c1ccc(-c2nc(-c3ccccc3)nc(-c3ccc4c(c3)sc3cc(-c5ccccc5-c5ccc6c(c5)c5ccccc5n6-c5ccccc5)ccc34)n2)cc1. The fraction of sp³-hybridized carbons (Fsp3) is 0. The normalized spacial score (nSPS) is 11.6. The molecule has 3 heterocycles. The zero-order valence-electron chi connectivity index (χ0n) is 30.2. The Morgan fingerprint density at radius 3 is 1.43 bits per heavy atom. The quantitative estimate of drug-likeness (QED) is 0.171. The van der Waals surface area contributed by atoms with Crippen molar-refractivity contribution in [1.82, 2.24) is 19.5 Å². The van der Waals surface area contributed by atoms with Crippen LogP contribution in [0.2, 0.25) is 0 Å². The summed E-state index contributed by atoms with van der Waals surface area (Å²) < 4.78 is 4.81. The maximum Gasteiger partial charge on any atom is 0.164 e. The molecule has 3 aromatic heterocycles. The van der Waals surface area contributed by atoms with Gasteiger partial charge >= 0.3 is 0 Å². The minimum atomic E-state index is 0.662. The maximum atomic E-state index is 4.99. The van der Waals surface area contributed by atoms with E-state index in [4.69, 9.17) is 15.0 Å². The van der Waals surface area contributed by atoms with Crippen LogP contribution < -0.4 is 0 Å². The molecule has 0 amide bonds. The van der Waals surface area contributed by atoms with Gasteiger partial charge in [0.05, 0.1) is 11.0 Å². The van der Waals surface area contributed by atoms with Crippen LogP contribution in [-0.4, -0.2) is 19.5 Å². The predicted octanol–water partition coefficient (Wildman–Crippen LogP) is 13.7. The molecule has 11 aromatic rings. The fourth-order valence-electron chi connectivity index (χ4n) is 8.00. The van der Waals surface area contributed by atoms with Gasteiger partial charge in [0, 0.05) is 53.3 Å². The number of thiophene rings is 1. The molecule has 0 atom stereocenters. The average molecular weight is 733 g/mol. The van der Waals surface area contributed by atoms with Crippen molar-refractivity contribution in [3.8, 4) is 62.1 Å². The minimum absolute atomic E-state index is 0.662. The molecule has 5 heteroatoms. The molecule has 0 aliphatic heterocycles. The number of benzene rings is 8. The van der Waals surface area contributed by atoms with Gasteiger partial charge in [-0.1, -0.05) is 152 Å². The van der Waals surface area contributed by atoms with Gasteiger partial charge in [-0.15, -0.1) is 11.3 Å². The second kappa shape index (κ2) is 13.3. The molecule has 0 saturated carbocycles. The topological polar surface area (TPSA) is 43.6 Å². The highest BCUT2D eigenvalue weighted by atomic mass is 32.1. The maximum absolute atomic E-state index is 4.99. The Bertz CT molecular complexity index is 3180. The molecule has 0 aliphatic rings. The van der Waals surface area contributed by atoms with E-state index in [2.05, 4.69) is 138 Å². The number of fused-ring (bicyclic) bond motifs is 6. The van der Waals surface area contributed by atoms with Crippen LogP contribution in [0.5, 0.6) is 0 Å². The molecule has 0 unspecified atom stereocenters. The minimum Gasteiger partial charge on any atom is -0.309 e. The van der Waals surface area contributed by atoms with Gasteiger partial charge in [-0.25, -0.2) is 15.0 Å². The van der Waals surface area contributed by atoms with Gasteiger partial charge in [0.25, 0.3) is 0 Å². The first-order chi connectivity index (χ1) is 27.7. The zero-order chi connectivity index (χ0) is 37.0. The monoisotopic (exact) mass is 732 g/mol. The van der Waals surface area contributed by atoms with Crippen LogP contribution in [0, 0.1) is 0 Å². The lowest BCUT2D eigenvalue weighted by Crippen LogP contribution is -1.99. The van der Waals surface area contributed by atoms with E-state index in [0.29, 0.717) is 17.5 Å². The lowest BCUT2D eigenvalue weighted by molar-refractivity contribution is 1.07. The van der Waals surface area contributed by atoms with Gasteiger partial charge in [-0.05, 0) is 64.7 Å². The summed E-state index contributed by atoms with van der Waals surface area (Å²) in [4.78, 5) is 14.9. The largest absolute Gasteiger partial charge is 0.309 e. The summed E-state index contributed by atoms with van der Waals surface area (Å²) in [6, 6.07) is 68.8. The number of rotatable bonds is 6. The van der Waals surface area contributed by atoms with Gasteiger partial charge in [0.2, 0.25) is 0 Å². The molecule has 0 spiro atoms. The second-order valence-electron chi connectivity index (χ2n) is 14.0. The Balaban J connectivity index is 1.00. The molecule has 0 bridgehead atoms. The number of hydrogen-bond donors (Lipinski definition) is 0. The van der Waals surface area contributed by atoms with Crippen LogP contribution in [0.25, 0.3) is 104 Å². The van der Waals surface area contributed by atoms with E-state index in [0.717, 1.165) is 22.4 Å². The molecular formula is C51H32N4S. The van der Waals surface area contributed by atoms with E-state index < -0.39 is 0 Å². The lowest BCUT2D eigenvalue weighted by Gasteiger charge is -2.12. The van der Waals surface area contributed by atoms with Crippen molar-refractivity contribution in [1.29, 1.82) is 0 Å². The summed E-state index contributed by atoms with van der Waals surface area (Å²) in [5.41, 5.74) is 11.3. The Kier molecular flexibility index (Phi) is 7.64. The van der Waals surface area contributed by atoms with Gasteiger partial charge in [-0.2, -0.15) is 0 Å². The molecule has 0 aliphatic carbocycles. The first-order valence-electron chi connectivity index (χ1n) is 18.8. The Hall–Kier alpha value is -7.21. The second-order valence-corrected chi connectivity index (χ2v) is 15.1. The van der Waals surface area contributed by atoms with E-state index in [-0.39, 0.29) is 0 Å². The Labute approximate surface area is 327 Å². The summed E-state index contributed by atoms with van der Waals surface area (Å²) >= 11 is 1.81. The molecule has 56 heavy (non-hydrogen) atoms. The third-order valence-corrected chi connectivity index (χ3v) is 11.8. The van der Waals surface area contributed by atoms with Crippen LogP contribution in [0.3, 0.4) is 0 Å². The van der Waals surface area contributed by atoms with Crippen molar-refractivity contribution in [2.45, 2.75) is 0 Å². The van der Waals surface area contributed by atoms with Crippen molar-refractivity contribution < 1.29 is 0 Å². The van der Waals surface area contributed by atoms with Gasteiger partial charge in [0.15, 0.2) is 17.5 Å². The van der Waals surface area contributed by atoms with Crippen LogP contribution in [0.1, 0.15) is 0 Å². The van der Waals surface area contributed by atoms with E-state index in [1.54, 1.807) is 0 Å². The van der Waals surface area contributed by atoms with E-state index in [1.165, 1.54) is 64.2 Å². The van der Waals surface area contributed by atoms with Gasteiger partial charge in [-0.3, -0.25) is 0 Å². The Morgan fingerprint density at radius 1 is 0.321 bits per heavy atom. The molecule has 262 valence electrons. The summed E-state index contributed by atoms with van der Waals surface area (Å²) in [5, 5.41) is 4.98. The van der Waals surface area contributed by atoms with Crippen LogP contribution >= 0.6 is 11.3 Å². The smallest absolute Gasteiger partial charge is 0.164 e. The molecule has 4 nitrogen and oxygen atoms in total. The summed E-state index contributed by atoms with van der Waals surface area (Å²) in [6.07, 6.45) is 0. The van der Waals surface area contributed by atoms with Crippen LogP contribution in [0.15, 0.2) is 194 Å². The highest BCUT2D eigenvalue weighted by molar-refractivity contribution is 7.25. The van der Waals surface area contributed by atoms with E-state index in [9.17, 15) is 0 Å². The van der Waals surface area contributed by atoms with Crippen LogP contribution in [0.4, 0.5) is 0 Å². The average Bonchev–Trinajstić information content (AvgIpc) is 3.81. The number of nitrogens with zero attached hydrogens (tertiary/aromatic N) is 4. The molecule has 0 N–H and O–H groups in total. The standard InChI is InChI=1S/C51H32N4S/c1-4-14-33(15-5-1)49-52-50(34-16-6-2-7-17-34)54-51(53-49)37-25-28-43-42-27-24-36(31-47(42)56-48(43)32-37)40-21-11-10-20-39(40)35-26-29-46-44(30-35)41-22-12-13-23-45(41)55(46)38-18-8-3-9-19-38/h1-32H. The molecule has 11 rings (SSSR count). The third-order valence-electron chi connectivity index (χ3n) is 10.7. The van der Waals surface area contributed by atoms with Crippen LogP contribution in [-0.2, 0) is 0 Å².